The first-order valence-electron chi connectivity index (χ1n) is 6.29. The number of para-hydroxylation sites is 2. The van der Waals surface area contributed by atoms with Gasteiger partial charge in [0.2, 0.25) is 0 Å². The molecule has 0 atom stereocenters. The standard InChI is InChI=1S/C15H15NO5/c1-9-7-11(10(2)21-9)15(19)16-12-5-3-4-6-13(12)20-8-14(17)18/h3-7H,8H2,1-2H3,(H,16,19)(H,17,18). The van der Waals surface area contributed by atoms with E-state index in [1.54, 1.807) is 44.2 Å². The van der Waals surface area contributed by atoms with E-state index >= 15 is 0 Å². The number of carboxylic acids is 1. The van der Waals surface area contributed by atoms with E-state index in [9.17, 15) is 9.59 Å². The highest BCUT2D eigenvalue weighted by molar-refractivity contribution is 6.05. The third-order valence-corrected chi connectivity index (χ3v) is 2.77. The molecule has 2 rings (SSSR count). The molecule has 0 spiro atoms. The summed E-state index contributed by atoms with van der Waals surface area (Å²) in [5, 5.41) is 11.3. The van der Waals surface area contributed by atoms with Crippen LogP contribution < -0.4 is 10.1 Å². The Morgan fingerprint density at radius 2 is 2.00 bits per heavy atom. The number of nitrogens with one attached hydrogen (secondary N) is 1. The van der Waals surface area contributed by atoms with Gasteiger partial charge in [-0.05, 0) is 32.0 Å². The van der Waals surface area contributed by atoms with Crippen molar-refractivity contribution >= 4 is 17.6 Å². The Balaban J connectivity index is 2.17. The fourth-order valence-corrected chi connectivity index (χ4v) is 1.88. The van der Waals surface area contributed by atoms with Crippen molar-refractivity contribution in [2.45, 2.75) is 13.8 Å². The predicted octanol–water partition coefficient (Wildman–Crippen LogP) is 2.61. The second kappa shape index (κ2) is 6.13. The molecule has 0 radical (unpaired) electrons. The molecule has 6 nitrogen and oxygen atoms in total. The Bertz CT molecular complexity index is 674. The molecule has 0 bridgehead atoms. The van der Waals surface area contributed by atoms with Crippen molar-refractivity contribution in [2.75, 3.05) is 11.9 Å². The van der Waals surface area contributed by atoms with Gasteiger partial charge in [-0.3, -0.25) is 4.79 Å². The molecule has 1 heterocycles. The van der Waals surface area contributed by atoms with Crippen molar-refractivity contribution in [2.24, 2.45) is 0 Å². The van der Waals surface area contributed by atoms with Gasteiger partial charge >= 0.3 is 5.97 Å². The summed E-state index contributed by atoms with van der Waals surface area (Å²) in [5.41, 5.74) is 0.836. The molecule has 21 heavy (non-hydrogen) atoms. The van der Waals surface area contributed by atoms with Gasteiger partial charge in [-0.2, -0.15) is 0 Å². The number of carbonyl (C=O) groups is 2. The van der Waals surface area contributed by atoms with Crippen LogP contribution in [0.25, 0.3) is 0 Å². The largest absolute Gasteiger partial charge is 0.480 e. The quantitative estimate of drug-likeness (QED) is 0.883. The number of rotatable bonds is 5. The molecule has 6 heteroatoms. The van der Waals surface area contributed by atoms with E-state index in [1.165, 1.54) is 0 Å². The first-order valence-corrected chi connectivity index (χ1v) is 6.29. The van der Waals surface area contributed by atoms with Gasteiger partial charge < -0.3 is 19.6 Å². The number of aliphatic carboxylic acids is 1. The van der Waals surface area contributed by atoms with Gasteiger partial charge in [0.05, 0.1) is 11.3 Å². The second-order valence-corrected chi connectivity index (χ2v) is 4.46. The number of amides is 1. The molecule has 1 aromatic carbocycles. The summed E-state index contributed by atoms with van der Waals surface area (Å²) < 4.78 is 10.4. The lowest BCUT2D eigenvalue weighted by Crippen LogP contribution is -2.15. The Labute approximate surface area is 121 Å². The van der Waals surface area contributed by atoms with Gasteiger partial charge in [0.1, 0.15) is 17.3 Å². The molecule has 1 aromatic heterocycles. The van der Waals surface area contributed by atoms with Crippen molar-refractivity contribution in [1.82, 2.24) is 0 Å². The van der Waals surface area contributed by atoms with E-state index in [0.717, 1.165) is 0 Å². The molecule has 1 amide bonds. The molecule has 0 unspecified atom stereocenters. The molecule has 2 N–H and O–H groups in total. The Morgan fingerprint density at radius 3 is 2.62 bits per heavy atom. The smallest absolute Gasteiger partial charge is 0.341 e. The minimum absolute atomic E-state index is 0.297. The summed E-state index contributed by atoms with van der Waals surface area (Å²) >= 11 is 0. The first-order chi connectivity index (χ1) is 9.97. The van der Waals surface area contributed by atoms with Crippen LogP contribution in [0.1, 0.15) is 21.9 Å². The van der Waals surface area contributed by atoms with Gasteiger partial charge in [-0.1, -0.05) is 12.1 Å². The number of benzene rings is 1. The number of carboxylic acid groups (broad SMARTS) is 1. The lowest BCUT2D eigenvalue weighted by Gasteiger charge is -2.10. The van der Waals surface area contributed by atoms with Gasteiger partial charge in [-0.15, -0.1) is 0 Å². The van der Waals surface area contributed by atoms with Crippen LogP contribution in [0.15, 0.2) is 34.7 Å². The summed E-state index contributed by atoms with van der Waals surface area (Å²) in [6, 6.07) is 8.28. The fourth-order valence-electron chi connectivity index (χ4n) is 1.88. The molecule has 0 aliphatic carbocycles. The van der Waals surface area contributed by atoms with Crippen molar-refractivity contribution in [3.63, 3.8) is 0 Å². The van der Waals surface area contributed by atoms with E-state index in [1.807, 2.05) is 0 Å². The minimum atomic E-state index is -1.09. The van der Waals surface area contributed by atoms with Crippen molar-refractivity contribution < 1.29 is 23.8 Å². The van der Waals surface area contributed by atoms with Crippen LogP contribution >= 0.6 is 0 Å². The zero-order chi connectivity index (χ0) is 15.4. The number of aryl methyl sites for hydroxylation is 2. The van der Waals surface area contributed by atoms with Crippen LogP contribution in [0.3, 0.4) is 0 Å². The lowest BCUT2D eigenvalue weighted by atomic mass is 10.2. The molecule has 0 saturated carbocycles. The van der Waals surface area contributed by atoms with E-state index in [4.69, 9.17) is 14.3 Å². The van der Waals surface area contributed by atoms with Gasteiger partial charge in [0.25, 0.3) is 5.91 Å². The van der Waals surface area contributed by atoms with Crippen molar-refractivity contribution in [3.8, 4) is 5.75 Å². The lowest BCUT2D eigenvalue weighted by molar-refractivity contribution is -0.139. The number of ether oxygens (including phenoxy) is 1. The molecular formula is C15H15NO5. The molecule has 110 valence electrons. The summed E-state index contributed by atoms with van der Waals surface area (Å²) in [7, 11) is 0. The monoisotopic (exact) mass is 289 g/mol. The van der Waals surface area contributed by atoms with Crippen LogP contribution in [0.2, 0.25) is 0 Å². The van der Waals surface area contributed by atoms with Gasteiger partial charge in [0.15, 0.2) is 6.61 Å². The first kappa shape index (κ1) is 14.6. The number of hydrogen-bond acceptors (Lipinski definition) is 4. The Morgan fingerprint density at radius 1 is 1.29 bits per heavy atom. The maximum Gasteiger partial charge on any atom is 0.341 e. The summed E-state index contributed by atoms with van der Waals surface area (Å²) in [6.45, 7) is 2.99. The molecule has 0 saturated heterocycles. The van der Waals surface area contributed by atoms with Crippen molar-refractivity contribution in [3.05, 3.63) is 47.4 Å². The third kappa shape index (κ3) is 3.62. The van der Waals surface area contributed by atoms with Crippen molar-refractivity contribution in [1.29, 1.82) is 0 Å². The molecule has 0 aliphatic rings. The molecule has 0 aliphatic heterocycles. The maximum absolute atomic E-state index is 12.2. The van der Waals surface area contributed by atoms with E-state index in [-0.39, 0.29) is 5.91 Å². The van der Waals surface area contributed by atoms with Crippen LogP contribution in [0.4, 0.5) is 5.69 Å². The highest BCUT2D eigenvalue weighted by Gasteiger charge is 2.15. The number of hydrogen-bond donors (Lipinski definition) is 2. The summed E-state index contributed by atoms with van der Waals surface area (Å²) in [5.74, 6) is 0.0428. The van der Waals surface area contributed by atoms with Crippen LogP contribution in [0, 0.1) is 13.8 Å². The number of furan rings is 1. The second-order valence-electron chi connectivity index (χ2n) is 4.46. The Hall–Kier alpha value is -2.76. The van der Waals surface area contributed by atoms with Gasteiger partial charge in [0, 0.05) is 0 Å². The zero-order valence-corrected chi connectivity index (χ0v) is 11.7. The average Bonchev–Trinajstić information content (AvgIpc) is 2.76. The molecular weight excluding hydrogens is 274 g/mol. The predicted molar refractivity (Wildman–Crippen MR) is 75.7 cm³/mol. The summed E-state index contributed by atoms with van der Waals surface area (Å²) in [6.07, 6.45) is 0. The van der Waals surface area contributed by atoms with E-state index in [0.29, 0.717) is 28.5 Å². The minimum Gasteiger partial charge on any atom is -0.480 e. The normalized spacial score (nSPS) is 10.2. The van der Waals surface area contributed by atoms with Crippen LogP contribution in [-0.2, 0) is 4.79 Å². The van der Waals surface area contributed by atoms with Crippen LogP contribution in [0.5, 0.6) is 5.75 Å². The fraction of sp³-hybridized carbons (Fsp3) is 0.200. The SMILES string of the molecule is Cc1cc(C(=O)Nc2ccccc2OCC(=O)O)c(C)o1. The topological polar surface area (TPSA) is 88.8 Å². The van der Waals surface area contributed by atoms with E-state index in [2.05, 4.69) is 5.32 Å². The Kier molecular flexibility index (Phi) is 4.27. The molecule has 0 fully saturated rings. The summed E-state index contributed by atoms with van der Waals surface area (Å²) in [4.78, 5) is 22.7. The maximum atomic E-state index is 12.2. The number of carbonyl (C=O) groups excluding carboxylic acids is 1. The average molecular weight is 289 g/mol. The molecule has 2 aromatic rings. The zero-order valence-electron chi connectivity index (χ0n) is 11.7. The highest BCUT2D eigenvalue weighted by atomic mass is 16.5. The van der Waals surface area contributed by atoms with E-state index < -0.39 is 12.6 Å². The van der Waals surface area contributed by atoms with Crippen LogP contribution in [-0.4, -0.2) is 23.6 Å². The highest BCUT2D eigenvalue weighted by Crippen LogP contribution is 2.25. The number of anilines is 1. The van der Waals surface area contributed by atoms with Gasteiger partial charge in [-0.25, -0.2) is 4.79 Å². The third-order valence-electron chi connectivity index (χ3n) is 2.77.